The smallest absolute Gasteiger partial charge is 0.306 e. The molecule has 0 saturated carbocycles. The number of imidazole rings is 1. The minimum atomic E-state index is -1.36. The number of rotatable bonds is 41. The van der Waals surface area contributed by atoms with E-state index in [1.54, 1.807) is 27.7 Å². The van der Waals surface area contributed by atoms with Crippen LogP contribution >= 0.6 is 0 Å². The van der Waals surface area contributed by atoms with Crippen LogP contribution in [0.3, 0.4) is 0 Å². The average Bonchev–Trinajstić information content (AvgIpc) is 3.75. The molecule has 1 aromatic heterocycles. The van der Waals surface area contributed by atoms with E-state index in [2.05, 4.69) is 32.8 Å². The second-order valence-electron chi connectivity index (χ2n) is 19.4. The Morgan fingerprint density at radius 2 is 1.25 bits per heavy atom. The molecule has 16 heteroatoms. The predicted octanol–water partition coefficient (Wildman–Crippen LogP) is 7.05. The molecule has 0 spiro atoms. The zero-order valence-corrected chi connectivity index (χ0v) is 41.0. The molecule has 6 N–H and O–H groups in total. The van der Waals surface area contributed by atoms with Crippen LogP contribution in [0.15, 0.2) is 12.5 Å². The zero-order chi connectivity index (χ0) is 48.7. The maximum Gasteiger partial charge on any atom is 0.306 e. The topological polar surface area (TPSA) is 247 Å². The largest absolute Gasteiger partial charge is 0.481 e. The van der Waals surface area contributed by atoms with Crippen molar-refractivity contribution in [3.05, 3.63) is 18.2 Å². The molecule has 2 atom stereocenters. The van der Waals surface area contributed by atoms with Gasteiger partial charge in [-0.15, -0.1) is 0 Å². The van der Waals surface area contributed by atoms with Crippen molar-refractivity contribution in [2.75, 3.05) is 39.5 Å². The van der Waals surface area contributed by atoms with Crippen molar-refractivity contribution in [2.24, 2.45) is 16.7 Å². The molecule has 16 nitrogen and oxygen atoms in total. The van der Waals surface area contributed by atoms with Crippen molar-refractivity contribution in [3.63, 3.8) is 0 Å². The van der Waals surface area contributed by atoms with E-state index >= 15 is 0 Å². The number of carbonyl (C=O) groups is 7. The molecular weight excluding hydrogens is 833 g/mol. The molecule has 65 heavy (non-hydrogen) atoms. The van der Waals surface area contributed by atoms with E-state index in [4.69, 9.17) is 15.2 Å². The number of amides is 3. The summed E-state index contributed by atoms with van der Waals surface area (Å²) in [6.45, 7) is 13.1. The van der Waals surface area contributed by atoms with E-state index in [0.717, 1.165) is 12.8 Å². The van der Waals surface area contributed by atoms with Crippen LogP contribution in [0.5, 0.6) is 0 Å². The third-order valence-corrected chi connectivity index (χ3v) is 11.9. The first-order chi connectivity index (χ1) is 30.7. The molecule has 0 unspecified atom stereocenters. The number of hydrogen-bond acceptors (Lipinski definition) is 10. The van der Waals surface area contributed by atoms with Gasteiger partial charge in [-0.25, -0.2) is 10.7 Å². The van der Waals surface area contributed by atoms with E-state index in [1.165, 1.54) is 97.0 Å². The Hall–Kier alpha value is -4.02. The maximum absolute atomic E-state index is 13.5. The van der Waals surface area contributed by atoms with Gasteiger partial charge in [0.1, 0.15) is 24.2 Å². The van der Waals surface area contributed by atoms with Crippen molar-refractivity contribution < 1.29 is 48.1 Å². The zero-order valence-electron chi connectivity index (χ0n) is 41.0. The lowest BCUT2D eigenvalue weighted by Gasteiger charge is -2.33. The van der Waals surface area contributed by atoms with Gasteiger partial charge in [-0.1, -0.05) is 118 Å². The number of carboxylic acid groups (broad SMARTS) is 1. The first kappa shape index (κ1) is 59.0. The number of aromatic amines is 1. The van der Waals surface area contributed by atoms with Gasteiger partial charge in [0.25, 0.3) is 0 Å². The van der Waals surface area contributed by atoms with Crippen molar-refractivity contribution in [2.45, 2.75) is 195 Å². The first-order valence-corrected chi connectivity index (χ1v) is 24.2. The molecule has 3 amide bonds. The van der Waals surface area contributed by atoms with Crippen LogP contribution in [-0.4, -0.2) is 107 Å². The molecule has 371 valence electrons. The summed E-state index contributed by atoms with van der Waals surface area (Å²) in [5, 5.41) is 18.1. The van der Waals surface area contributed by atoms with E-state index in [9.17, 15) is 38.7 Å². The van der Waals surface area contributed by atoms with Gasteiger partial charge in [0, 0.05) is 67.9 Å². The van der Waals surface area contributed by atoms with E-state index < -0.39 is 46.0 Å². The second kappa shape index (κ2) is 32.6. The molecule has 1 aromatic rings. The van der Waals surface area contributed by atoms with Gasteiger partial charge < -0.3 is 35.5 Å². The van der Waals surface area contributed by atoms with Gasteiger partial charge in [-0.05, 0) is 33.1 Å². The van der Waals surface area contributed by atoms with Gasteiger partial charge in [0.05, 0.1) is 37.6 Å². The normalized spacial score (nSPS) is 12.9. The van der Waals surface area contributed by atoms with Crippen LogP contribution in [0.2, 0.25) is 0 Å². The van der Waals surface area contributed by atoms with Crippen molar-refractivity contribution in [1.82, 2.24) is 31.7 Å². The number of Topliss-reactive ketones (excluding diaryl/α,β-unsaturated/α-hetero) is 3. The molecule has 0 aliphatic rings. The van der Waals surface area contributed by atoms with Crippen LogP contribution in [0.25, 0.3) is 0 Å². The Balaban J connectivity index is 2.23. The number of nitrogens with zero attached hydrogens (tertiary/aromatic N) is 1. The fourth-order valence-corrected chi connectivity index (χ4v) is 7.28. The summed E-state index contributed by atoms with van der Waals surface area (Å²) in [7, 11) is 0. The quantitative estimate of drug-likeness (QED) is 0.0417. The van der Waals surface area contributed by atoms with Crippen LogP contribution < -0.4 is 21.7 Å². The summed E-state index contributed by atoms with van der Waals surface area (Å²) >= 11 is 0. The average molecular weight is 918 g/mol. The number of ether oxygens (including phenoxy) is 2. The number of nitrogens with one attached hydrogen (secondary N) is 5. The molecule has 0 aliphatic heterocycles. The maximum atomic E-state index is 13.5. The van der Waals surface area contributed by atoms with Gasteiger partial charge >= 0.3 is 5.97 Å². The highest BCUT2D eigenvalue weighted by atomic mass is 16.5. The lowest BCUT2D eigenvalue weighted by atomic mass is 9.71. The van der Waals surface area contributed by atoms with Gasteiger partial charge in [0.2, 0.25) is 17.7 Å². The summed E-state index contributed by atoms with van der Waals surface area (Å²) in [5.74, 6) is -4.16. The summed E-state index contributed by atoms with van der Waals surface area (Å²) in [6, 6.07) is -1.18. The number of hydrogen-bond donors (Lipinski definition) is 5. The van der Waals surface area contributed by atoms with Crippen LogP contribution in [0, 0.1) is 16.7 Å². The van der Waals surface area contributed by atoms with Gasteiger partial charge in [-0.3, -0.25) is 33.6 Å². The number of H-pyrrole nitrogens is 1. The Labute approximate surface area is 389 Å². The number of aromatic nitrogens is 2. The van der Waals surface area contributed by atoms with Crippen LogP contribution in [-0.2, 0) is 49.5 Å². The molecule has 0 fully saturated rings. The summed E-state index contributed by atoms with van der Waals surface area (Å²) in [4.78, 5) is 96.0. The standard InChI is InChI=1S/C49H85N6O10/c1-8-9-10-11-12-13-14-15-16-17-18-19-20-24-43(59)53-26-27-64-28-29-65-35-44(60)52-25-22-21-23-37(46(62)63)30-40(56)47(2,3)32-41(57)48(4,5)33-42(58)49(6,7)55-45(61)39(50)31-38-34-51-36-54-38/h34,36-37,39,50H,8-33,35H2,1-7H3,(H,51,54)(H,52,60)(H,53,59)(H,55,61)(H,62,63)/t37-,39+/m1/s1. The van der Waals surface area contributed by atoms with Crippen LogP contribution in [0.1, 0.15) is 183 Å². The Kier molecular flexibility index (Phi) is 29.6. The summed E-state index contributed by atoms with van der Waals surface area (Å²) < 4.78 is 10.9. The molecule has 1 heterocycles. The Bertz CT molecular complexity index is 1560. The molecule has 0 bridgehead atoms. The highest BCUT2D eigenvalue weighted by Crippen LogP contribution is 2.34. The number of carboxylic acids is 1. The molecule has 1 radical (unpaired) electrons. The number of unbranched alkanes of at least 4 members (excludes halogenated alkanes) is 13. The fraction of sp³-hybridized carbons (Fsp3) is 0.796. The molecule has 0 saturated heterocycles. The minimum absolute atomic E-state index is 0.0333. The third kappa shape index (κ3) is 27.3. The first-order valence-electron chi connectivity index (χ1n) is 24.2. The minimum Gasteiger partial charge on any atom is -0.481 e. The fourth-order valence-electron chi connectivity index (χ4n) is 7.28. The Morgan fingerprint density at radius 3 is 1.83 bits per heavy atom. The summed E-state index contributed by atoms with van der Waals surface area (Å²) in [6.07, 6.45) is 20.5. The molecular formula is C49H85N6O10. The molecule has 1 rings (SSSR count). The second-order valence-corrected chi connectivity index (χ2v) is 19.4. The number of aliphatic carboxylic acids is 1. The van der Waals surface area contributed by atoms with Crippen molar-refractivity contribution >= 4 is 41.0 Å². The Morgan fingerprint density at radius 1 is 0.692 bits per heavy atom. The highest BCUT2D eigenvalue weighted by molar-refractivity contribution is 5.99. The highest BCUT2D eigenvalue weighted by Gasteiger charge is 2.41. The van der Waals surface area contributed by atoms with Crippen molar-refractivity contribution in [3.8, 4) is 0 Å². The van der Waals surface area contributed by atoms with E-state index in [-0.39, 0.29) is 75.3 Å². The lowest BCUT2D eigenvalue weighted by Crippen LogP contribution is -2.54. The van der Waals surface area contributed by atoms with Crippen molar-refractivity contribution in [1.29, 1.82) is 0 Å². The van der Waals surface area contributed by atoms with E-state index in [0.29, 0.717) is 44.7 Å². The van der Waals surface area contributed by atoms with Gasteiger partial charge in [0.15, 0.2) is 5.78 Å². The summed E-state index contributed by atoms with van der Waals surface area (Å²) in [5.41, 5.74) is 5.04. The van der Waals surface area contributed by atoms with E-state index in [1.807, 2.05) is 0 Å². The predicted molar refractivity (Wildman–Crippen MR) is 251 cm³/mol. The number of ketones is 3. The SMILES string of the molecule is CCCCCCCCCCCCCCCC(=O)NCCOCCOCC(=O)NCCCC[C@H](CC(=O)C(C)(C)CC(=O)C(C)(C)CC(=O)C(C)(C)NC(=O)[C@@H]([NH])Cc1cnc[nH]1)C(=O)O. The molecule has 0 aromatic carbocycles. The molecule has 0 aliphatic carbocycles. The van der Waals surface area contributed by atoms with Crippen LogP contribution in [0.4, 0.5) is 0 Å². The number of carbonyl (C=O) groups excluding carboxylic acids is 6. The van der Waals surface area contributed by atoms with Gasteiger partial charge in [-0.2, -0.15) is 0 Å². The third-order valence-electron chi connectivity index (χ3n) is 11.9. The lowest BCUT2D eigenvalue weighted by molar-refractivity contribution is -0.146. The monoisotopic (exact) mass is 918 g/mol.